The van der Waals surface area contributed by atoms with E-state index < -0.39 is 0 Å². The zero-order chi connectivity index (χ0) is 18.8. The van der Waals surface area contributed by atoms with Crippen molar-refractivity contribution in [2.75, 3.05) is 0 Å². The van der Waals surface area contributed by atoms with Crippen LogP contribution < -0.4 is 0 Å². The number of hydrogen-bond donors (Lipinski definition) is 0. The lowest BCUT2D eigenvalue weighted by Gasteiger charge is -2.20. The van der Waals surface area contributed by atoms with E-state index >= 15 is 0 Å². The van der Waals surface area contributed by atoms with Crippen LogP contribution in [0.25, 0.3) is 22.3 Å². The average Bonchev–Trinajstić information content (AvgIpc) is 3.02. The SMILES string of the molecule is Cc1c(CN2C(=O)CCC2=O)ccc(-c2ccccc2)c1-c1ccccc1. The van der Waals surface area contributed by atoms with Crippen molar-refractivity contribution >= 4 is 11.8 Å². The van der Waals surface area contributed by atoms with Gasteiger partial charge in [-0.1, -0.05) is 72.8 Å². The summed E-state index contributed by atoms with van der Waals surface area (Å²) in [4.78, 5) is 25.5. The predicted molar refractivity (Wildman–Crippen MR) is 107 cm³/mol. The van der Waals surface area contributed by atoms with Crippen LogP contribution in [0.4, 0.5) is 0 Å². The van der Waals surface area contributed by atoms with Gasteiger partial charge in [-0.3, -0.25) is 14.5 Å². The molecule has 2 amide bonds. The van der Waals surface area contributed by atoms with Gasteiger partial charge in [-0.25, -0.2) is 0 Å². The Labute approximate surface area is 159 Å². The summed E-state index contributed by atoms with van der Waals surface area (Å²) in [6, 6.07) is 24.7. The van der Waals surface area contributed by atoms with E-state index in [1.165, 1.54) is 4.90 Å². The molecule has 3 heteroatoms. The summed E-state index contributed by atoms with van der Waals surface area (Å²) >= 11 is 0. The minimum Gasteiger partial charge on any atom is -0.278 e. The molecular weight excluding hydrogens is 334 g/mol. The highest BCUT2D eigenvalue weighted by molar-refractivity contribution is 6.02. The highest BCUT2D eigenvalue weighted by Crippen LogP contribution is 2.37. The molecule has 3 aromatic rings. The maximum atomic E-state index is 12.0. The molecule has 0 bridgehead atoms. The zero-order valence-electron chi connectivity index (χ0n) is 15.3. The minimum absolute atomic E-state index is 0.0761. The molecule has 0 unspecified atom stereocenters. The molecule has 1 fully saturated rings. The van der Waals surface area contributed by atoms with Gasteiger partial charge < -0.3 is 0 Å². The van der Waals surface area contributed by atoms with Gasteiger partial charge in [0.25, 0.3) is 0 Å². The molecule has 0 atom stereocenters. The number of amides is 2. The number of hydrogen-bond acceptors (Lipinski definition) is 2. The molecule has 0 N–H and O–H groups in total. The average molecular weight is 355 g/mol. The molecule has 3 nitrogen and oxygen atoms in total. The van der Waals surface area contributed by atoms with Gasteiger partial charge in [-0.05, 0) is 40.3 Å². The van der Waals surface area contributed by atoms with Crippen molar-refractivity contribution in [1.29, 1.82) is 0 Å². The second kappa shape index (κ2) is 7.20. The van der Waals surface area contributed by atoms with Crippen LogP contribution in [0.1, 0.15) is 24.0 Å². The van der Waals surface area contributed by atoms with Gasteiger partial charge in [0.05, 0.1) is 6.54 Å². The Morgan fingerprint density at radius 2 is 1.30 bits per heavy atom. The monoisotopic (exact) mass is 355 g/mol. The molecule has 0 aliphatic carbocycles. The van der Waals surface area contributed by atoms with E-state index in [4.69, 9.17) is 0 Å². The van der Waals surface area contributed by atoms with Crippen LogP contribution in [0, 0.1) is 6.92 Å². The molecule has 1 aliphatic rings. The third-order valence-corrected chi connectivity index (χ3v) is 5.21. The first-order chi connectivity index (χ1) is 13.1. The van der Waals surface area contributed by atoms with Crippen LogP contribution in [-0.2, 0) is 16.1 Å². The van der Waals surface area contributed by atoms with E-state index in [1.54, 1.807) is 0 Å². The Balaban J connectivity index is 1.84. The Kier molecular flexibility index (Phi) is 4.59. The summed E-state index contributed by atoms with van der Waals surface area (Å²) in [6.45, 7) is 2.42. The number of benzene rings is 3. The Hall–Kier alpha value is -3.20. The van der Waals surface area contributed by atoms with Gasteiger partial charge in [0.1, 0.15) is 0 Å². The standard InChI is InChI=1S/C24H21NO2/c1-17-20(16-25-22(26)14-15-23(25)27)12-13-21(18-8-4-2-5-9-18)24(17)19-10-6-3-7-11-19/h2-13H,14-16H2,1H3. The Bertz CT molecular complexity index is 978. The van der Waals surface area contributed by atoms with Gasteiger partial charge >= 0.3 is 0 Å². The van der Waals surface area contributed by atoms with Crippen molar-refractivity contribution in [3.05, 3.63) is 83.9 Å². The van der Waals surface area contributed by atoms with E-state index in [0.717, 1.165) is 33.4 Å². The van der Waals surface area contributed by atoms with Crippen LogP contribution in [0.3, 0.4) is 0 Å². The lowest BCUT2D eigenvalue weighted by molar-refractivity contribution is -0.139. The van der Waals surface area contributed by atoms with Crippen molar-refractivity contribution < 1.29 is 9.59 Å². The molecule has 0 radical (unpaired) electrons. The van der Waals surface area contributed by atoms with Crippen molar-refractivity contribution in [2.24, 2.45) is 0 Å². The van der Waals surface area contributed by atoms with E-state index in [9.17, 15) is 9.59 Å². The third kappa shape index (κ3) is 3.28. The van der Waals surface area contributed by atoms with Crippen LogP contribution in [0.2, 0.25) is 0 Å². The fraction of sp³-hybridized carbons (Fsp3) is 0.167. The normalized spacial score (nSPS) is 14.0. The number of nitrogens with zero attached hydrogens (tertiary/aromatic N) is 1. The van der Waals surface area contributed by atoms with Crippen molar-refractivity contribution in [2.45, 2.75) is 26.3 Å². The number of imide groups is 1. The van der Waals surface area contributed by atoms with Gasteiger partial charge in [-0.15, -0.1) is 0 Å². The predicted octanol–water partition coefficient (Wildman–Crippen LogP) is 4.98. The topological polar surface area (TPSA) is 37.4 Å². The summed E-state index contributed by atoms with van der Waals surface area (Å²) < 4.78 is 0. The lowest BCUT2D eigenvalue weighted by atomic mass is 9.88. The van der Waals surface area contributed by atoms with E-state index in [1.807, 2.05) is 42.5 Å². The molecule has 4 rings (SSSR count). The molecule has 1 heterocycles. The second-order valence-corrected chi connectivity index (χ2v) is 6.88. The number of carbonyl (C=O) groups is 2. The summed E-state index contributed by atoms with van der Waals surface area (Å²) in [5, 5.41) is 0. The molecule has 27 heavy (non-hydrogen) atoms. The summed E-state index contributed by atoms with van der Waals surface area (Å²) in [5.74, 6) is -0.152. The minimum atomic E-state index is -0.0761. The molecule has 1 saturated heterocycles. The first kappa shape index (κ1) is 17.2. The highest BCUT2D eigenvalue weighted by atomic mass is 16.2. The summed E-state index contributed by atoms with van der Waals surface area (Å²) in [6.07, 6.45) is 0.650. The summed E-state index contributed by atoms with van der Waals surface area (Å²) in [7, 11) is 0. The highest BCUT2D eigenvalue weighted by Gasteiger charge is 2.29. The zero-order valence-corrected chi connectivity index (χ0v) is 15.3. The van der Waals surface area contributed by atoms with E-state index in [-0.39, 0.29) is 11.8 Å². The molecule has 1 aliphatic heterocycles. The van der Waals surface area contributed by atoms with E-state index in [2.05, 4.69) is 37.3 Å². The maximum Gasteiger partial charge on any atom is 0.229 e. The smallest absolute Gasteiger partial charge is 0.229 e. The number of rotatable bonds is 4. The molecule has 134 valence electrons. The largest absolute Gasteiger partial charge is 0.278 e. The van der Waals surface area contributed by atoms with Crippen LogP contribution >= 0.6 is 0 Å². The Morgan fingerprint density at radius 3 is 1.89 bits per heavy atom. The van der Waals surface area contributed by atoms with Crippen LogP contribution in [-0.4, -0.2) is 16.7 Å². The van der Waals surface area contributed by atoms with Crippen molar-refractivity contribution in [3.63, 3.8) is 0 Å². The maximum absolute atomic E-state index is 12.0. The van der Waals surface area contributed by atoms with Gasteiger partial charge in [0.15, 0.2) is 0 Å². The number of likely N-dealkylation sites (tertiary alicyclic amines) is 1. The summed E-state index contributed by atoms with van der Waals surface area (Å²) in [5.41, 5.74) is 6.71. The van der Waals surface area contributed by atoms with Gasteiger partial charge in [-0.2, -0.15) is 0 Å². The second-order valence-electron chi connectivity index (χ2n) is 6.88. The van der Waals surface area contributed by atoms with Gasteiger partial charge in [0, 0.05) is 12.8 Å². The van der Waals surface area contributed by atoms with Crippen molar-refractivity contribution in [1.82, 2.24) is 4.90 Å². The molecule has 0 aromatic heterocycles. The quantitative estimate of drug-likeness (QED) is 0.619. The molecular formula is C24H21NO2. The molecule has 0 saturated carbocycles. The van der Waals surface area contributed by atoms with Gasteiger partial charge in [0.2, 0.25) is 11.8 Å². The Morgan fingerprint density at radius 1 is 0.741 bits per heavy atom. The van der Waals surface area contributed by atoms with Crippen molar-refractivity contribution in [3.8, 4) is 22.3 Å². The first-order valence-corrected chi connectivity index (χ1v) is 9.21. The van der Waals surface area contributed by atoms with Crippen LogP contribution in [0.15, 0.2) is 72.8 Å². The number of carbonyl (C=O) groups excluding carboxylic acids is 2. The lowest BCUT2D eigenvalue weighted by Crippen LogP contribution is -2.28. The third-order valence-electron chi connectivity index (χ3n) is 5.21. The molecule has 0 spiro atoms. The molecule has 3 aromatic carbocycles. The van der Waals surface area contributed by atoms with E-state index in [0.29, 0.717) is 19.4 Å². The van der Waals surface area contributed by atoms with Crippen LogP contribution in [0.5, 0.6) is 0 Å². The fourth-order valence-corrected chi connectivity index (χ4v) is 3.73. The first-order valence-electron chi connectivity index (χ1n) is 9.21. The fourth-order valence-electron chi connectivity index (χ4n) is 3.73.